The van der Waals surface area contributed by atoms with Crippen LogP contribution in [0.5, 0.6) is 5.75 Å². The molecule has 1 saturated carbocycles. The van der Waals surface area contributed by atoms with Crippen LogP contribution >= 0.6 is 23.2 Å². The summed E-state index contributed by atoms with van der Waals surface area (Å²) in [5, 5.41) is 1.20. The molecule has 148 valence electrons. The molecule has 2 aromatic rings. The third-order valence-corrected chi connectivity index (χ3v) is 6.49. The summed E-state index contributed by atoms with van der Waals surface area (Å²) in [7, 11) is 0. The molecule has 4 rings (SSSR count). The summed E-state index contributed by atoms with van der Waals surface area (Å²) in [4.78, 5) is 19.7. The van der Waals surface area contributed by atoms with Gasteiger partial charge in [0.05, 0.1) is 12.0 Å². The first-order valence-corrected chi connectivity index (χ1v) is 10.7. The lowest BCUT2D eigenvalue weighted by molar-refractivity contribution is -0.140. The van der Waals surface area contributed by atoms with Gasteiger partial charge in [0, 0.05) is 30.0 Å². The minimum Gasteiger partial charge on any atom is -0.487 e. The Labute approximate surface area is 175 Å². The fraction of sp³-hybridized carbons (Fsp3) is 0.455. The molecule has 1 amide bonds. The topological polar surface area (TPSA) is 42.4 Å². The van der Waals surface area contributed by atoms with E-state index in [1.165, 1.54) is 0 Å². The molecular formula is C22H24Cl2N2O2. The maximum Gasteiger partial charge on any atom is 0.233 e. The van der Waals surface area contributed by atoms with Crippen molar-refractivity contribution in [2.24, 2.45) is 0 Å². The van der Waals surface area contributed by atoms with Gasteiger partial charge in [0.1, 0.15) is 16.9 Å². The zero-order valence-electron chi connectivity index (χ0n) is 15.7. The number of carbonyl (C=O) groups is 1. The van der Waals surface area contributed by atoms with Gasteiger partial charge >= 0.3 is 0 Å². The van der Waals surface area contributed by atoms with E-state index in [2.05, 4.69) is 4.98 Å². The molecule has 4 nitrogen and oxygen atoms in total. The SMILES string of the molecule is O=C(N1CCCC(Oc2ccncc2Cl)C1)C1(c2ccc(Cl)cc2)CCCC1. The van der Waals surface area contributed by atoms with Gasteiger partial charge in [0.25, 0.3) is 0 Å². The van der Waals surface area contributed by atoms with Crippen LogP contribution in [0.2, 0.25) is 10.0 Å². The van der Waals surface area contributed by atoms with Crippen LogP contribution in [0.4, 0.5) is 0 Å². The molecule has 0 radical (unpaired) electrons. The fourth-order valence-electron chi connectivity index (χ4n) is 4.53. The molecule has 1 unspecified atom stereocenters. The maximum atomic E-state index is 13.7. The van der Waals surface area contributed by atoms with Crippen molar-refractivity contribution in [2.45, 2.75) is 50.0 Å². The Bertz CT molecular complexity index is 835. The molecule has 2 aliphatic rings. The van der Waals surface area contributed by atoms with Gasteiger partial charge in [-0.2, -0.15) is 0 Å². The molecule has 1 aromatic carbocycles. The van der Waals surface area contributed by atoms with Crippen molar-refractivity contribution in [1.82, 2.24) is 9.88 Å². The van der Waals surface area contributed by atoms with Crippen molar-refractivity contribution in [3.8, 4) is 5.75 Å². The number of benzene rings is 1. The van der Waals surface area contributed by atoms with Crippen LogP contribution in [0.15, 0.2) is 42.7 Å². The second kappa shape index (κ2) is 8.30. The van der Waals surface area contributed by atoms with Crippen molar-refractivity contribution in [3.05, 3.63) is 58.3 Å². The smallest absolute Gasteiger partial charge is 0.233 e. The highest BCUT2D eigenvalue weighted by atomic mass is 35.5. The van der Waals surface area contributed by atoms with Crippen molar-refractivity contribution in [1.29, 1.82) is 0 Å². The second-order valence-electron chi connectivity index (χ2n) is 7.74. The standard InChI is InChI=1S/C22H24Cl2N2O2/c23-17-7-5-16(6-8-17)22(10-1-2-11-22)21(27)26-13-3-4-18(15-26)28-20-9-12-25-14-19(20)24/h5-9,12,14,18H,1-4,10-11,13,15H2. The monoisotopic (exact) mass is 418 g/mol. The zero-order chi connectivity index (χ0) is 19.6. The number of ether oxygens (including phenoxy) is 1. The van der Waals surface area contributed by atoms with E-state index in [4.69, 9.17) is 27.9 Å². The molecule has 0 bridgehead atoms. The highest BCUT2D eigenvalue weighted by Crippen LogP contribution is 2.43. The number of rotatable bonds is 4. The highest BCUT2D eigenvalue weighted by Gasteiger charge is 2.45. The largest absolute Gasteiger partial charge is 0.487 e. The number of aromatic nitrogens is 1. The normalized spacial score (nSPS) is 21.5. The third kappa shape index (κ3) is 3.85. The molecule has 1 aromatic heterocycles. The summed E-state index contributed by atoms with van der Waals surface area (Å²) in [6.07, 6.45) is 8.98. The van der Waals surface area contributed by atoms with Crippen molar-refractivity contribution >= 4 is 29.1 Å². The fourth-order valence-corrected chi connectivity index (χ4v) is 4.82. The molecule has 0 N–H and O–H groups in total. The van der Waals surface area contributed by atoms with Gasteiger partial charge in [-0.25, -0.2) is 0 Å². The van der Waals surface area contributed by atoms with Crippen LogP contribution in [0.3, 0.4) is 0 Å². The van der Waals surface area contributed by atoms with Gasteiger partial charge in [-0.1, -0.05) is 48.2 Å². The minimum absolute atomic E-state index is 0.0544. The Morgan fingerprint density at radius 3 is 2.57 bits per heavy atom. The Morgan fingerprint density at radius 1 is 1.11 bits per heavy atom. The van der Waals surface area contributed by atoms with Crippen LogP contribution < -0.4 is 4.74 Å². The first-order valence-electron chi connectivity index (χ1n) is 9.90. The molecule has 1 atom stereocenters. The van der Waals surface area contributed by atoms with Crippen LogP contribution in [-0.4, -0.2) is 35.0 Å². The third-order valence-electron chi connectivity index (χ3n) is 5.96. The van der Waals surface area contributed by atoms with Gasteiger partial charge in [-0.3, -0.25) is 9.78 Å². The predicted molar refractivity (Wildman–Crippen MR) is 111 cm³/mol. The van der Waals surface area contributed by atoms with E-state index in [9.17, 15) is 4.79 Å². The predicted octanol–water partition coefficient (Wildman–Crippen LogP) is 5.27. The quantitative estimate of drug-likeness (QED) is 0.678. The van der Waals surface area contributed by atoms with Crippen molar-refractivity contribution in [3.63, 3.8) is 0 Å². The van der Waals surface area contributed by atoms with Gasteiger partial charge < -0.3 is 9.64 Å². The van der Waals surface area contributed by atoms with Gasteiger partial charge in [-0.05, 0) is 43.4 Å². The Morgan fingerprint density at radius 2 is 1.86 bits per heavy atom. The van der Waals surface area contributed by atoms with Crippen LogP contribution in [0.1, 0.15) is 44.1 Å². The summed E-state index contributed by atoms with van der Waals surface area (Å²) < 4.78 is 6.10. The average Bonchev–Trinajstić information content (AvgIpc) is 3.21. The van der Waals surface area contributed by atoms with E-state index in [1.54, 1.807) is 18.5 Å². The number of amides is 1. The lowest BCUT2D eigenvalue weighted by atomic mass is 9.77. The summed E-state index contributed by atoms with van der Waals surface area (Å²) >= 11 is 12.3. The number of likely N-dealkylation sites (tertiary alicyclic amines) is 1. The van der Waals surface area contributed by atoms with Crippen LogP contribution in [-0.2, 0) is 10.2 Å². The van der Waals surface area contributed by atoms with Gasteiger partial charge in [0.2, 0.25) is 5.91 Å². The Kier molecular flexibility index (Phi) is 5.79. The Hall–Kier alpha value is -1.78. The number of piperidine rings is 1. The summed E-state index contributed by atoms with van der Waals surface area (Å²) in [6.45, 7) is 1.37. The molecule has 2 fully saturated rings. The number of hydrogen-bond donors (Lipinski definition) is 0. The van der Waals surface area contributed by atoms with E-state index in [-0.39, 0.29) is 12.0 Å². The first-order chi connectivity index (χ1) is 13.6. The average molecular weight is 419 g/mol. The van der Waals surface area contributed by atoms with E-state index in [0.717, 1.165) is 50.6 Å². The number of hydrogen-bond acceptors (Lipinski definition) is 3. The summed E-state index contributed by atoms with van der Waals surface area (Å²) in [6, 6.07) is 9.57. The second-order valence-corrected chi connectivity index (χ2v) is 8.58. The van der Waals surface area contributed by atoms with Gasteiger partial charge in [0.15, 0.2) is 0 Å². The van der Waals surface area contributed by atoms with E-state index in [1.807, 2.05) is 29.2 Å². The van der Waals surface area contributed by atoms with E-state index >= 15 is 0 Å². The number of carbonyl (C=O) groups excluding carboxylic acids is 1. The highest BCUT2D eigenvalue weighted by molar-refractivity contribution is 6.31. The number of nitrogens with zero attached hydrogens (tertiary/aromatic N) is 2. The minimum atomic E-state index is -0.430. The van der Waals surface area contributed by atoms with Crippen molar-refractivity contribution < 1.29 is 9.53 Å². The lowest BCUT2D eigenvalue weighted by Crippen LogP contribution is -2.51. The van der Waals surface area contributed by atoms with Crippen molar-refractivity contribution in [2.75, 3.05) is 13.1 Å². The van der Waals surface area contributed by atoms with Crippen LogP contribution in [0.25, 0.3) is 0 Å². The molecule has 28 heavy (non-hydrogen) atoms. The van der Waals surface area contributed by atoms with Crippen LogP contribution in [0, 0.1) is 0 Å². The number of pyridine rings is 1. The lowest BCUT2D eigenvalue weighted by Gasteiger charge is -2.39. The molecule has 1 saturated heterocycles. The molecular weight excluding hydrogens is 395 g/mol. The van der Waals surface area contributed by atoms with E-state index < -0.39 is 5.41 Å². The molecule has 0 spiro atoms. The van der Waals surface area contributed by atoms with Gasteiger partial charge in [-0.15, -0.1) is 0 Å². The first kappa shape index (κ1) is 19.5. The molecule has 1 aliphatic heterocycles. The maximum absolute atomic E-state index is 13.7. The molecule has 2 heterocycles. The Balaban J connectivity index is 1.52. The molecule has 6 heteroatoms. The zero-order valence-corrected chi connectivity index (χ0v) is 17.3. The number of halogens is 2. The summed E-state index contributed by atoms with van der Waals surface area (Å²) in [5.41, 5.74) is 0.653. The van der Waals surface area contributed by atoms with E-state index in [0.29, 0.717) is 22.3 Å². The molecule has 1 aliphatic carbocycles. The summed E-state index contributed by atoms with van der Waals surface area (Å²) in [5.74, 6) is 0.852.